The zero-order valence-corrected chi connectivity index (χ0v) is 8.38. The Kier molecular flexibility index (Phi) is 2.21. The minimum Gasteiger partial charge on any atom is -0.342 e. The Balaban J connectivity index is 2.36. The van der Waals surface area contributed by atoms with Crippen LogP contribution in [-0.2, 0) is 6.54 Å². The molecule has 70 valence electrons. The van der Waals surface area contributed by atoms with Gasteiger partial charge in [0, 0.05) is 12.2 Å². The Morgan fingerprint density at radius 3 is 3.08 bits per heavy atom. The standard InChI is InChI=1S/C11H16N2/c1-3-4-10-11-6-5-9(2)13(11)8-7-12-10/h5-6H,3-4,7-8H2,1-2H3. The monoisotopic (exact) mass is 176 g/mol. The summed E-state index contributed by atoms with van der Waals surface area (Å²) >= 11 is 0. The molecule has 0 spiro atoms. The molecule has 1 aromatic rings. The predicted molar refractivity (Wildman–Crippen MR) is 55.5 cm³/mol. The van der Waals surface area contributed by atoms with Crippen molar-refractivity contribution in [2.45, 2.75) is 33.2 Å². The molecule has 0 saturated carbocycles. The summed E-state index contributed by atoms with van der Waals surface area (Å²) in [6.07, 6.45) is 2.30. The highest BCUT2D eigenvalue weighted by molar-refractivity contribution is 5.99. The number of nitrogens with zero attached hydrogens (tertiary/aromatic N) is 2. The molecular weight excluding hydrogens is 160 g/mol. The third kappa shape index (κ3) is 1.41. The molecular formula is C11H16N2. The van der Waals surface area contributed by atoms with Gasteiger partial charge in [-0.1, -0.05) is 13.3 Å². The maximum Gasteiger partial charge on any atom is 0.0623 e. The summed E-state index contributed by atoms with van der Waals surface area (Å²) in [4.78, 5) is 4.57. The maximum atomic E-state index is 4.57. The number of aliphatic imine (C=N–C) groups is 1. The number of hydrogen-bond acceptors (Lipinski definition) is 1. The molecule has 0 aliphatic carbocycles. The van der Waals surface area contributed by atoms with E-state index < -0.39 is 0 Å². The molecule has 1 aromatic heterocycles. The van der Waals surface area contributed by atoms with E-state index in [1.807, 2.05) is 0 Å². The van der Waals surface area contributed by atoms with E-state index in [1.165, 1.54) is 23.5 Å². The fourth-order valence-electron chi connectivity index (χ4n) is 1.93. The number of hydrogen-bond donors (Lipinski definition) is 0. The van der Waals surface area contributed by atoms with Gasteiger partial charge in [0.2, 0.25) is 0 Å². The average Bonchev–Trinajstić information content (AvgIpc) is 2.50. The smallest absolute Gasteiger partial charge is 0.0623 e. The lowest BCUT2D eigenvalue weighted by molar-refractivity contribution is 0.666. The van der Waals surface area contributed by atoms with Crippen LogP contribution in [-0.4, -0.2) is 16.8 Å². The van der Waals surface area contributed by atoms with Crippen molar-refractivity contribution in [3.63, 3.8) is 0 Å². The number of aryl methyl sites for hydroxylation is 1. The first-order valence-electron chi connectivity index (χ1n) is 5.02. The van der Waals surface area contributed by atoms with Crippen LogP contribution >= 0.6 is 0 Å². The van der Waals surface area contributed by atoms with Gasteiger partial charge in [0.15, 0.2) is 0 Å². The van der Waals surface area contributed by atoms with Gasteiger partial charge >= 0.3 is 0 Å². The van der Waals surface area contributed by atoms with Gasteiger partial charge in [0.05, 0.1) is 18.0 Å². The Bertz CT molecular complexity index is 334. The van der Waals surface area contributed by atoms with Crippen LogP contribution in [0.2, 0.25) is 0 Å². The molecule has 0 amide bonds. The second-order valence-corrected chi connectivity index (χ2v) is 3.59. The fourth-order valence-corrected chi connectivity index (χ4v) is 1.93. The van der Waals surface area contributed by atoms with Gasteiger partial charge in [-0.05, 0) is 25.5 Å². The first-order chi connectivity index (χ1) is 6.33. The third-order valence-electron chi connectivity index (χ3n) is 2.61. The SMILES string of the molecule is CCCC1=NCCn2c(C)ccc21. The summed E-state index contributed by atoms with van der Waals surface area (Å²) in [5.74, 6) is 0. The molecule has 0 unspecified atom stereocenters. The summed E-state index contributed by atoms with van der Waals surface area (Å²) in [6.45, 7) is 6.38. The molecule has 2 heterocycles. The minimum absolute atomic E-state index is 0.956. The minimum atomic E-state index is 0.956. The van der Waals surface area contributed by atoms with Crippen molar-refractivity contribution in [1.82, 2.24) is 4.57 Å². The molecule has 13 heavy (non-hydrogen) atoms. The second kappa shape index (κ2) is 3.36. The first kappa shape index (κ1) is 8.54. The topological polar surface area (TPSA) is 17.3 Å². The van der Waals surface area contributed by atoms with Crippen molar-refractivity contribution in [3.8, 4) is 0 Å². The van der Waals surface area contributed by atoms with E-state index in [0.29, 0.717) is 0 Å². The van der Waals surface area contributed by atoms with E-state index in [0.717, 1.165) is 19.5 Å². The molecule has 2 rings (SSSR count). The van der Waals surface area contributed by atoms with Crippen molar-refractivity contribution in [2.75, 3.05) is 6.54 Å². The molecule has 0 N–H and O–H groups in total. The summed E-state index contributed by atoms with van der Waals surface area (Å²) < 4.78 is 2.37. The molecule has 1 aliphatic rings. The largest absolute Gasteiger partial charge is 0.342 e. The van der Waals surface area contributed by atoms with E-state index in [1.54, 1.807) is 0 Å². The van der Waals surface area contributed by atoms with Crippen molar-refractivity contribution in [2.24, 2.45) is 4.99 Å². The first-order valence-corrected chi connectivity index (χ1v) is 5.02. The summed E-state index contributed by atoms with van der Waals surface area (Å²) in [5, 5.41) is 0. The van der Waals surface area contributed by atoms with Crippen LogP contribution in [0.25, 0.3) is 0 Å². The quantitative estimate of drug-likeness (QED) is 0.658. The van der Waals surface area contributed by atoms with Crippen molar-refractivity contribution in [1.29, 1.82) is 0 Å². The van der Waals surface area contributed by atoms with Gasteiger partial charge in [-0.2, -0.15) is 0 Å². The summed E-state index contributed by atoms with van der Waals surface area (Å²) in [7, 11) is 0. The number of rotatable bonds is 2. The average molecular weight is 176 g/mol. The lowest BCUT2D eigenvalue weighted by Crippen LogP contribution is -2.18. The van der Waals surface area contributed by atoms with Gasteiger partial charge in [0.1, 0.15) is 0 Å². The molecule has 0 aromatic carbocycles. The van der Waals surface area contributed by atoms with E-state index >= 15 is 0 Å². The Morgan fingerprint density at radius 2 is 2.31 bits per heavy atom. The lowest BCUT2D eigenvalue weighted by Gasteiger charge is -2.17. The number of fused-ring (bicyclic) bond motifs is 1. The zero-order chi connectivity index (χ0) is 9.26. The molecule has 2 nitrogen and oxygen atoms in total. The lowest BCUT2D eigenvalue weighted by atomic mass is 10.1. The fraction of sp³-hybridized carbons (Fsp3) is 0.545. The Morgan fingerprint density at radius 1 is 1.46 bits per heavy atom. The van der Waals surface area contributed by atoms with Crippen molar-refractivity contribution >= 4 is 5.71 Å². The van der Waals surface area contributed by atoms with Crippen LogP contribution in [0.4, 0.5) is 0 Å². The zero-order valence-electron chi connectivity index (χ0n) is 8.38. The third-order valence-corrected chi connectivity index (χ3v) is 2.61. The normalized spacial score (nSPS) is 15.4. The van der Waals surface area contributed by atoms with Gasteiger partial charge < -0.3 is 4.57 Å². The maximum absolute atomic E-state index is 4.57. The van der Waals surface area contributed by atoms with Crippen LogP contribution in [0.5, 0.6) is 0 Å². The van der Waals surface area contributed by atoms with Crippen LogP contribution < -0.4 is 0 Å². The highest BCUT2D eigenvalue weighted by Gasteiger charge is 2.13. The second-order valence-electron chi connectivity index (χ2n) is 3.59. The molecule has 0 radical (unpaired) electrons. The van der Waals surface area contributed by atoms with Crippen molar-refractivity contribution < 1.29 is 0 Å². The molecule has 1 aliphatic heterocycles. The van der Waals surface area contributed by atoms with Crippen LogP contribution in [0.1, 0.15) is 31.2 Å². The van der Waals surface area contributed by atoms with E-state index in [9.17, 15) is 0 Å². The van der Waals surface area contributed by atoms with Gasteiger partial charge in [0.25, 0.3) is 0 Å². The molecule has 0 bridgehead atoms. The van der Waals surface area contributed by atoms with Gasteiger partial charge in [-0.3, -0.25) is 4.99 Å². The molecule has 2 heteroatoms. The van der Waals surface area contributed by atoms with Gasteiger partial charge in [-0.15, -0.1) is 0 Å². The van der Waals surface area contributed by atoms with Crippen LogP contribution in [0.15, 0.2) is 17.1 Å². The number of aromatic nitrogens is 1. The Labute approximate surface area is 79.3 Å². The molecule has 0 saturated heterocycles. The van der Waals surface area contributed by atoms with Gasteiger partial charge in [-0.25, -0.2) is 0 Å². The van der Waals surface area contributed by atoms with Crippen molar-refractivity contribution in [3.05, 3.63) is 23.5 Å². The van der Waals surface area contributed by atoms with Crippen LogP contribution in [0.3, 0.4) is 0 Å². The summed E-state index contributed by atoms with van der Waals surface area (Å²) in [5.41, 5.74) is 3.99. The Hall–Kier alpha value is -1.05. The molecule has 0 atom stereocenters. The predicted octanol–water partition coefficient (Wildman–Crippen LogP) is 2.40. The highest BCUT2D eigenvalue weighted by Crippen LogP contribution is 2.16. The van der Waals surface area contributed by atoms with E-state index in [-0.39, 0.29) is 0 Å². The highest BCUT2D eigenvalue weighted by atomic mass is 15.0. The van der Waals surface area contributed by atoms with E-state index in [2.05, 4.69) is 35.5 Å². The summed E-state index contributed by atoms with van der Waals surface area (Å²) in [6, 6.07) is 4.38. The van der Waals surface area contributed by atoms with E-state index in [4.69, 9.17) is 0 Å². The van der Waals surface area contributed by atoms with Crippen LogP contribution in [0, 0.1) is 6.92 Å². The molecule has 0 fully saturated rings.